The van der Waals surface area contributed by atoms with Gasteiger partial charge in [-0.3, -0.25) is 4.98 Å². The van der Waals surface area contributed by atoms with Crippen molar-refractivity contribution in [1.29, 1.82) is 0 Å². The van der Waals surface area contributed by atoms with Crippen LogP contribution >= 0.6 is 0 Å². The Kier molecular flexibility index (Phi) is 5.37. The first-order valence-corrected chi connectivity index (χ1v) is 10.1. The number of ether oxygens (including phenoxy) is 1. The fraction of sp³-hybridized carbons (Fsp3) is 0.185. The van der Waals surface area contributed by atoms with Crippen LogP contribution in [0.4, 0.5) is 0 Å². The second-order valence-electron chi connectivity index (χ2n) is 8.44. The SMILES string of the molecule is CC(C)(C)c1ccc(C(=O)OC(c2ccccc2)c2nccc3ccccc23)cc1. The molecule has 30 heavy (non-hydrogen) atoms. The summed E-state index contributed by atoms with van der Waals surface area (Å²) in [5, 5.41) is 2.04. The number of hydrogen-bond donors (Lipinski definition) is 0. The fourth-order valence-corrected chi connectivity index (χ4v) is 3.54. The van der Waals surface area contributed by atoms with E-state index in [2.05, 4.69) is 25.8 Å². The number of nitrogens with zero attached hydrogens (tertiary/aromatic N) is 1. The number of pyridine rings is 1. The van der Waals surface area contributed by atoms with E-state index in [0.29, 0.717) is 5.56 Å². The third kappa shape index (κ3) is 4.11. The standard InChI is InChI=1S/C27H25NO2/c1-27(2,3)22-15-13-21(14-16-22)26(29)30-25(20-10-5-4-6-11-20)24-23-12-8-7-9-19(23)17-18-28-24/h4-18,25H,1-3H3. The van der Waals surface area contributed by atoms with Crippen LogP contribution in [0.3, 0.4) is 0 Å². The molecular weight excluding hydrogens is 370 g/mol. The second-order valence-corrected chi connectivity index (χ2v) is 8.44. The van der Waals surface area contributed by atoms with Crippen LogP contribution in [-0.4, -0.2) is 11.0 Å². The minimum Gasteiger partial charge on any atom is -0.447 e. The Morgan fingerprint density at radius 2 is 1.50 bits per heavy atom. The lowest BCUT2D eigenvalue weighted by Crippen LogP contribution is -2.15. The summed E-state index contributed by atoms with van der Waals surface area (Å²) in [6.07, 6.45) is 1.17. The zero-order valence-electron chi connectivity index (χ0n) is 17.5. The van der Waals surface area contributed by atoms with Gasteiger partial charge in [-0.1, -0.05) is 87.5 Å². The van der Waals surface area contributed by atoms with Crippen LogP contribution in [-0.2, 0) is 10.2 Å². The van der Waals surface area contributed by atoms with Crippen molar-refractivity contribution in [2.24, 2.45) is 0 Å². The quantitative estimate of drug-likeness (QED) is 0.371. The van der Waals surface area contributed by atoms with Gasteiger partial charge in [0.2, 0.25) is 0 Å². The van der Waals surface area contributed by atoms with E-state index in [-0.39, 0.29) is 11.4 Å². The molecule has 4 aromatic rings. The van der Waals surface area contributed by atoms with Crippen LogP contribution in [0.1, 0.15) is 54.1 Å². The van der Waals surface area contributed by atoms with Crippen molar-refractivity contribution in [3.63, 3.8) is 0 Å². The van der Waals surface area contributed by atoms with E-state index in [1.54, 1.807) is 6.20 Å². The number of benzene rings is 3. The van der Waals surface area contributed by atoms with Crippen molar-refractivity contribution >= 4 is 16.7 Å². The second kappa shape index (κ2) is 8.11. The summed E-state index contributed by atoms with van der Waals surface area (Å²) in [6.45, 7) is 6.45. The Morgan fingerprint density at radius 1 is 0.833 bits per heavy atom. The molecule has 0 aliphatic rings. The van der Waals surface area contributed by atoms with Gasteiger partial charge in [0.1, 0.15) is 0 Å². The summed E-state index contributed by atoms with van der Waals surface area (Å²) in [6, 6.07) is 27.4. The van der Waals surface area contributed by atoms with Crippen LogP contribution < -0.4 is 0 Å². The third-order valence-electron chi connectivity index (χ3n) is 5.27. The van der Waals surface area contributed by atoms with Crippen LogP contribution in [0.5, 0.6) is 0 Å². The van der Waals surface area contributed by atoms with Gasteiger partial charge in [0.15, 0.2) is 6.10 Å². The molecule has 0 bridgehead atoms. The average Bonchev–Trinajstić information content (AvgIpc) is 2.77. The largest absolute Gasteiger partial charge is 0.447 e. The third-order valence-corrected chi connectivity index (χ3v) is 5.27. The number of esters is 1. The van der Waals surface area contributed by atoms with E-state index >= 15 is 0 Å². The summed E-state index contributed by atoms with van der Waals surface area (Å²) in [5.41, 5.74) is 3.36. The predicted octanol–water partition coefficient (Wildman–Crippen LogP) is 6.48. The number of carbonyl (C=O) groups excluding carboxylic acids is 1. The lowest BCUT2D eigenvalue weighted by molar-refractivity contribution is 0.0373. The molecule has 0 aliphatic carbocycles. The zero-order chi connectivity index (χ0) is 21.1. The maximum Gasteiger partial charge on any atom is 0.339 e. The zero-order valence-corrected chi connectivity index (χ0v) is 17.5. The molecule has 3 nitrogen and oxygen atoms in total. The highest BCUT2D eigenvalue weighted by molar-refractivity contribution is 5.90. The topological polar surface area (TPSA) is 39.2 Å². The minimum atomic E-state index is -0.591. The van der Waals surface area contributed by atoms with E-state index in [1.165, 1.54) is 5.56 Å². The van der Waals surface area contributed by atoms with E-state index in [4.69, 9.17) is 4.74 Å². The molecule has 1 aromatic heterocycles. The van der Waals surface area contributed by atoms with Crippen molar-refractivity contribution in [2.45, 2.75) is 32.3 Å². The van der Waals surface area contributed by atoms with E-state index in [1.807, 2.05) is 84.9 Å². The number of rotatable bonds is 4. The Labute approximate surface area is 177 Å². The Bertz CT molecular complexity index is 1150. The summed E-state index contributed by atoms with van der Waals surface area (Å²) in [4.78, 5) is 17.6. The molecule has 3 aromatic carbocycles. The molecule has 0 radical (unpaired) electrons. The summed E-state index contributed by atoms with van der Waals surface area (Å²) in [7, 11) is 0. The molecule has 3 heteroatoms. The van der Waals surface area contributed by atoms with Crippen molar-refractivity contribution in [1.82, 2.24) is 4.98 Å². The van der Waals surface area contributed by atoms with Crippen LogP contribution in [0.15, 0.2) is 91.1 Å². The normalized spacial score (nSPS) is 12.5. The molecule has 1 unspecified atom stereocenters. The van der Waals surface area contributed by atoms with Crippen LogP contribution in [0.25, 0.3) is 10.8 Å². The van der Waals surface area contributed by atoms with Gasteiger partial charge >= 0.3 is 5.97 Å². The molecule has 0 fully saturated rings. The Morgan fingerprint density at radius 3 is 2.20 bits per heavy atom. The van der Waals surface area contributed by atoms with E-state index in [0.717, 1.165) is 22.0 Å². The lowest BCUT2D eigenvalue weighted by atomic mass is 9.87. The number of fused-ring (bicyclic) bond motifs is 1. The number of aromatic nitrogens is 1. The summed E-state index contributed by atoms with van der Waals surface area (Å²) >= 11 is 0. The van der Waals surface area contributed by atoms with Gasteiger partial charge in [0, 0.05) is 11.6 Å². The van der Waals surface area contributed by atoms with Gasteiger partial charge in [-0.25, -0.2) is 4.79 Å². The molecule has 1 atom stereocenters. The number of carbonyl (C=O) groups is 1. The maximum atomic E-state index is 13.0. The predicted molar refractivity (Wildman–Crippen MR) is 121 cm³/mol. The van der Waals surface area contributed by atoms with E-state index < -0.39 is 6.10 Å². The van der Waals surface area contributed by atoms with Crippen LogP contribution in [0, 0.1) is 0 Å². The first kappa shape index (κ1) is 19.8. The molecule has 1 heterocycles. The first-order chi connectivity index (χ1) is 14.4. The van der Waals surface area contributed by atoms with Crippen molar-refractivity contribution in [3.8, 4) is 0 Å². The molecule has 0 saturated heterocycles. The van der Waals surface area contributed by atoms with Gasteiger partial charge in [0.05, 0.1) is 11.3 Å². The van der Waals surface area contributed by atoms with Crippen LogP contribution in [0.2, 0.25) is 0 Å². The van der Waals surface area contributed by atoms with E-state index in [9.17, 15) is 4.79 Å². The highest BCUT2D eigenvalue weighted by Crippen LogP contribution is 2.31. The van der Waals surface area contributed by atoms with Gasteiger partial charge in [-0.05, 0) is 40.1 Å². The molecule has 0 N–H and O–H groups in total. The molecular formula is C27H25NO2. The van der Waals surface area contributed by atoms with Crippen molar-refractivity contribution in [3.05, 3.63) is 114 Å². The Balaban J connectivity index is 1.72. The monoisotopic (exact) mass is 395 g/mol. The lowest BCUT2D eigenvalue weighted by Gasteiger charge is -2.21. The summed E-state index contributed by atoms with van der Waals surface area (Å²) in [5.74, 6) is -0.362. The fourth-order valence-electron chi connectivity index (χ4n) is 3.54. The van der Waals surface area contributed by atoms with Gasteiger partial charge in [-0.2, -0.15) is 0 Å². The Hall–Kier alpha value is -3.46. The maximum absolute atomic E-state index is 13.0. The van der Waals surface area contributed by atoms with Gasteiger partial charge in [-0.15, -0.1) is 0 Å². The average molecular weight is 396 g/mol. The molecule has 0 aliphatic heterocycles. The molecule has 0 amide bonds. The first-order valence-electron chi connectivity index (χ1n) is 10.1. The molecule has 4 rings (SSSR count). The van der Waals surface area contributed by atoms with Crippen molar-refractivity contribution < 1.29 is 9.53 Å². The highest BCUT2D eigenvalue weighted by Gasteiger charge is 2.24. The minimum absolute atomic E-state index is 0.0296. The molecule has 0 spiro atoms. The molecule has 0 saturated carbocycles. The molecule has 150 valence electrons. The smallest absolute Gasteiger partial charge is 0.339 e. The number of hydrogen-bond acceptors (Lipinski definition) is 3. The van der Waals surface area contributed by atoms with Crippen molar-refractivity contribution in [2.75, 3.05) is 0 Å². The van der Waals surface area contributed by atoms with Gasteiger partial charge in [0.25, 0.3) is 0 Å². The van der Waals surface area contributed by atoms with Gasteiger partial charge < -0.3 is 4.74 Å². The highest BCUT2D eigenvalue weighted by atomic mass is 16.5. The summed E-state index contributed by atoms with van der Waals surface area (Å²) < 4.78 is 6.04.